The average Bonchev–Trinajstić information content (AvgIpc) is 3.18. The molecular formula is C25H32FN3O5S. The molecule has 35 heavy (non-hydrogen) atoms. The molecule has 1 aromatic carbocycles. The topological polar surface area (TPSA) is 90.7 Å². The number of imidazole rings is 1. The molecule has 2 saturated heterocycles. The van der Waals surface area contributed by atoms with Gasteiger partial charge in [0.05, 0.1) is 42.9 Å². The number of amides is 1. The molecule has 1 aromatic heterocycles. The first kappa shape index (κ1) is 24.4. The second-order valence-corrected chi connectivity index (χ2v) is 11.6. The highest BCUT2D eigenvalue weighted by Crippen LogP contribution is 2.32. The molecule has 8 nitrogen and oxygen atoms in total. The highest BCUT2D eigenvalue weighted by Gasteiger charge is 2.36. The van der Waals surface area contributed by atoms with Crippen molar-refractivity contribution in [3.8, 4) is 0 Å². The third kappa shape index (κ3) is 5.76. The van der Waals surface area contributed by atoms with E-state index in [1.165, 1.54) is 24.4 Å². The summed E-state index contributed by atoms with van der Waals surface area (Å²) >= 11 is 0. The first-order chi connectivity index (χ1) is 16.9. The standard InChI is InChI=1S/C25H32FN3O5S/c26-23-8-2-1-5-19(23)17-35(31,32)25-27-13-20(29(25)16-22-7-4-12-34-22)14-28(24(30)18-9-10-18)15-21-6-3-11-33-21/h1-2,5,8,13,18,21-22H,3-4,6-7,9-12,14-17H2. The fourth-order valence-corrected chi connectivity index (χ4v) is 6.40. The normalized spacial score (nSPS) is 22.5. The first-order valence-electron chi connectivity index (χ1n) is 12.4. The number of hydrogen-bond donors (Lipinski definition) is 0. The van der Waals surface area contributed by atoms with Crippen molar-refractivity contribution in [2.24, 2.45) is 5.92 Å². The monoisotopic (exact) mass is 505 g/mol. The summed E-state index contributed by atoms with van der Waals surface area (Å²) in [6, 6.07) is 5.87. The SMILES string of the molecule is O=C(C1CC1)N(Cc1cnc(S(=O)(=O)Cc2ccccc2F)n1CC1CCCO1)CC1CCCO1. The summed E-state index contributed by atoms with van der Waals surface area (Å²) in [7, 11) is -3.94. The summed E-state index contributed by atoms with van der Waals surface area (Å²) in [6.07, 6.45) is 6.80. The van der Waals surface area contributed by atoms with Gasteiger partial charge in [0.2, 0.25) is 20.9 Å². The minimum absolute atomic E-state index is 0.00324. The van der Waals surface area contributed by atoms with Gasteiger partial charge in [-0.2, -0.15) is 0 Å². The Labute approximate surface area is 205 Å². The van der Waals surface area contributed by atoms with Crippen molar-refractivity contribution in [3.05, 3.63) is 47.5 Å². The molecule has 0 spiro atoms. The second kappa shape index (κ2) is 10.4. The Balaban J connectivity index is 1.44. The molecular weight excluding hydrogens is 473 g/mol. The van der Waals surface area contributed by atoms with E-state index < -0.39 is 21.4 Å². The van der Waals surface area contributed by atoms with Gasteiger partial charge in [0.1, 0.15) is 5.82 Å². The molecule has 0 radical (unpaired) electrons. The van der Waals surface area contributed by atoms with Crippen molar-refractivity contribution in [3.63, 3.8) is 0 Å². The van der Waals surface area contributed by atoms with E-state index >= 15 is 0 Å². The molecule has 2 aromatic rings. The van der Waals surface area contributed by atoms with Crippen LogP contribution in [-0.2, 0) is 42.9 Å². The van der Waals surface area contributed by atoms with Crippen LogP contribution in [0.3, 0.4) is 0 Å². The van der Waals surface area contributed by atoms with Crippen molar-refractivity contribution in [1.82, 2.24) is 14.5 Å². The van der Waals surface area contributed by atoms with Crippen molar-refractivity contribution >= 4 is 15.7 Å². The van der Waals surface area contributed by atoms with E-state index in [0.717, 1.165) is 38.5 Å². The lowest BCUT2D eigenvalue weighted by Crippen LogP contribution is -2.38. The van der Waals surface area contributed by atoms with Gasteiger partial charge >= 0.3 is 0 Å². The smallest absolute Gasteiger partial charge is 0.228 e. The average molecular weight is 506 g/mol. The molecule has 0 N–H and O–H groups in total. The van der Waals surface area contributed by atoms with Gasteiger partial charge in [-0.15, -0.1) is 0 Å². The lowest BCUT2D eigenvalue weighted by molar-refractivity contribution is -0.134. The van der Waals surface area contributed by atoms with Gasteiger partial charge in [-0.05, 0) is 44.6 Å². The number of ether oxygens (including phenoxy) is 2. The number of halogens is 1. The molecule has 0 bridgehead atoms. The van der Waals surface area contributed by atoms with Gasteiger partial charge in [0, 0.05) is 31.2 Å². The van der Waals surface area contributed by atoms with Crippen molar-refractivity contribution in [1.29, 1.82) is 0 Å². The zero-order chi connectivity index (χ0) is 24.4. The summed E-state index contributed by atoms with van der Waals surface area (Å²) in [5, 5.41) is -0.109. The molecule has 3 aliphatic rings. The van der Waals surface area contributed by atoms with Crippen LogP contribution < -0.4 is 0 Å². The number of nitrogens with zero attached hydrogens (tertiary/aromatic N) is 3. The highest BCUT2D eigenvalue weighted by atomic mass is 32.2. The van der Waals surface area contributed by atoms with E-state index in [0.29, 0.717) is 32.0 Å². The Morgan fingerprint density at radius 1 is 1.09 bits per heavy atom. The zero-order valence-corrected chi connectivity index (χ0v) is 20.6. The number of aromatic nitrogens is 2. The van der Waals surface area contributed by atoms with Crippen LogP contribution in [0.4, 0.5) is 4.39 Å². The number of sulfone groups is 1. The summed E-state index contributed by atoms with van der Waals surface area (Å²) in [6.45, 7) is 2.40. The lowest BCUT2D eigenvalue weighted by Gasteiger charge is -2.26. The minimum Gasteiger partial charge on any atom is -0.376 e. The highest BCUT2D eigenvalue weighted by molar-refractivity contribution is 7.90. The fraction of sp³-hybridized carbons (Fsp3) is 0.600. The predicted molar refractivity (Wildman–Crippen MR) is 126 cm³/mol. The molecule has 1 saturated carbocycles. The zero-order valence-electron chi connectivity index (χ0n) is 19.8. The van der Waals surface area contributed by atoms with Crippen LogP contribution in [0.15, 0.2) is 35.6 Å². The van der Waals surface area contributed by atoms with Crippen LogP contribution in [-0.4, -0.2) is 60.7 Å². The third-order valence-corrected chi connectivity index (χ3v) is 8.51. The molecule has 1 aliphatic carbocycles. The lowest BCUT2D eigenvalue weighted by atomic mass is 10.2. The Morgan fingerprint density at radius 2 is 1.80 bits per heavy atom. The molecule has 2 unspecified atom stereocenters. The molecule has 2 aliphatic heterocycles. The predicted octanol–water partition coefficient (Wildman–Crippen LogP) is 3.09. The largest absolute Gasteiger partial charge is 0.376 e. The van der Waals surface area contributed by atoms with Crippen molar-refractivity contribution in [2.45, 2.75) is 74.7 Å². The Morgan fingerprint density at radius 3 is 2.46 bits per heavy atom. The maximum absolute atomic E-state index is 14.2. The molecule has 190 valence electrons. The van der Waals surface area contributed by atoms with Crippen molar-refractivity contribution < 1.29 is 27.1 Å². The van der Waals surface area contributed by atoms with E-state index in [9.17, 15) is 17.6 Å². The van der Waals surface area contributed by atoms with Gasteiger partial charge in [-0.25, -0.2) is 17.8 Å². The quantitative estimate of drug-likeness (QED) is 0.493. The fourth-order valence-electron chi connectivity index (χ4n) is 4.89. The maximum atomic E-state index is 14.2. The summed E-state index contributed by atoms with van der Waals surface area (Å²) in [4.78, 5) is 19.2. The summed E-state index contributed by atoms with van der Waals surface area (Å²) < 4.78 is 54.2. The van der Waals surface area contributed by atoms with Gasteiger partial charge in [0.15, 0.2) is 0 Å². The molecule has 3 heterocycles. The van der Waals surface area contributed by atoms with Gasteiger partial charge < -0.3 is 18.9 Å². The van der Waals surface area contributed by atoms with E-state index in [2.05, 4.69) is 4.98 Å². The maximum Gasteiger partial charge on any atom is 0.228 e. The summed E-state index contributed by atoms with van der Waals surface area (Å²) in [5.41, 5.74) is 0.740. The Kier molecular flexibility index (Phi) is 7.22. The number of carbonyl (C=O) groups is 1. The van der Waals surface area contributed by atoms with Crippen LogP contribution in [0.2, 0.25) is 0 Å². The Hall–Kier alpha value is -2.30. The molecule has 3 fully saturated rings. The van der Waals surface area contributed by atoms with E-state index in [4.69, 9.17) is 9.47 Å². The number of rotatable bonds is 10. The van der Waals surface area contributed by atoms with E-state index in [-0.39, 0.29) is 41.3 Å². The third-order valence-electron chi connectivity index (χ3n) is 6.93. The molecule has 10 heteroatoms. The first-order valence-corrected chi connectivity index (χ1v) is 14.1. The minimum atomic E-state index is -3.94. The van der Waals surface area contributed by atoms with E-state index in [1.807, 2.05) is 0 Å². The van der Waals surface area contributed by atoms with Crippen LogP contribution in [0.5, 0.6) is 0 Å². The second-order valence-electron chi connectivity index (χ2n) is 9.76. The van der Waals surface area contributed by atoms with Crippen LogP contribution >= 0.6 is 0 Å². The number of hydrogen-bond acceptors (Lipinski definition) is 6. The summed E-state index contributed by atoms with van der Waals surface area (Å²) in [5.74, 6) is -0.926. The number of carbonyl (C=O) groups excluding carboxylic acids is 1. The van der Waals surface area contributed by atoms with Gasteiger partial charge in [-0.3, -0.25) is 4.79 Å². The van der Waals surface area contributed by atoms with Gasteiger partial charge in [0.25, 0.3) is 0 Å². The molecule has 5 rings (SSSR count). The molecule has 2 atom stereocenters. The Bertz CT molecular complexity index is 1150. The van der Waals surface area contributed by atoms with E-state index in [1.54, 1.807) is 15.5 Å². The van der Waals surface area contributed by atoms with Crippen LogP contribution in [0, 0.1) is 11.7 Å². The van der Waals surface area contributed by atoms with Crippen molar-refractivity contribution in [2.75, 3.05) is 19.8 Å². The van der Waals surface area contributed by atoms with Gasteiger partial charge in [-0.1, -0.05) is 18.2 Å². The van der Waals surface area contributed by atoms with Crippen LogP contribution in [0.25, 0.3) is 0 Å². The molecule has 1 amide bonds. The van der Waals surface area contributed by atoms with Crippen LogP contribution in [0.1, 0.15) is 49.8 Å². The number of benzene rings is 1.